The van der Waals surface area contributed by atoms with E-state index in [0.29, 0.717) is 12.0 Å². The number of hydrogen-bond donors (Lipinski definition) is 9. The molecule has 266 valence electrons. The molecule has 3 aromatic carbocycles. The third-order valence-electron chi connectivity index (χ3n) is 8.66. The van der Waals surface area contributed by atoms with Crippen LogP contribution in [-0.4, -0.2) is 75.4 Å². The number of nitrogens with zero attached hydrogens (tertiary/aromatic N) is 1. The fraction of sp³-hybridized carbons (Fsp3) is 0.270. The van der Waals surface area contributed by atoms with Crippen LogP contribution in [0.2, 0.25) is 0 Å². The SMILES string of the molecule is NC(N)=NCCCC(NC(=O)C(Cc1c[nH]c2ccccc12)NC(=O)C(N)Cc1c[nH]c2ccccc12)C(=O)NC(Cc1ccccc1)C(=O)O. The van der Waals surface area contributed by atoms with Gasteiger partial charge < -0.3 is 48.2 Å². The van der Waals surface area contributed by atoms with Crippen molar-refractivity contribution in [1.82, 2.24) is 25.9 Å². The number of nitrogens with two attached hydrogens (primary N) is 3. The van der Waals surface area contributed by atoms with Crippen LogP contribution in [-0.2, 0) is 38.4 Å². The van der Waals surface area contributed by atoms with Gasteiger partial charge in [-0.15, -0.1) is 0 Å². The predicted octanol–water partition coefficient (Wildman–Crippen LogP) is 1.60. The van der Waals surface area contributed by atoms with Crippen molar-refractivity contribution < 1.29 is 24.3 Å². The molecule has 0 aliphatic rings. The van der Waals surface area contributed by atoms with E-state index in [9.17, 15) is 24.3 Å². The number of benzene rings is 3. The van der Waals surface area contributed by atoms with E-state index >= 15 is 0 Å². The number of H-pyrrole nitrogens is 2. The molecule has 0 saturated heterocycles. The molecule has 0 bridgehead atoms. The average Bonchev–Trinajstić information content (AvgIpc) is 3.73. The van der Waals surface area contributed by atoms with Crippen molar-refractivity contribution in [2.24, 2.45) is 22.2 Å². The smallest absolute Gasteiger partial charge is 0.326 e. The van der Waals surface area contributed by atoms with Crippen LogP contribution in [0.5, 0.6) is 0 Å². The zero-order valence-electron chi connectivity index (χ0n) is 28.0. The number of nitrogens with one attached hydrogen (secondary N) is 5. The average molecular weight is 694 g/mol. The number of carboxylic acids is 1. The second-order valence-corrected chi connectivity index (χ2v) is 12.4. The molecular weight excluding hydrogens is 650 g/mol. The van der Waals surface area contributed by atoms with Crippen molar-refractivity contribution in [2.45, 2.75) is 56.3 Å². The fourth-order valence-corrected chi connectivity index (χ4v) is 6.01. The first-order valence-corrected chi connectivity index (χ1v) is 16.7. The molecule has 0 aliphatic heterocycles. The van der Waals surface area contributed by atoms with Gasteiger partial charge in [0.15, 0.2) is 5.96 Å². The Morgan fingerprint density at radius 3 is 1.80 bits per heavy atom. The predicted molar refractivity (Wildman–Crippen MR) is 195 cm³/mol. The van der Waals surface area contributed by atoms with Gasteiger partial charge in [-0.2, -0.15) is 0 Å². The highest BCUT2D eigenvalue weighted by atomic mass is 16.4. The number of aliphatic carboxylic acids is 1. The van der Waals surface area contributed by atoms with Crippen LogP contribution < -0.4 is 33.2 Å². The minimum absolute atomic E-state index is 0.0319. The molecule has 14 heteroatoms. The van der Waals surface area contributed by atoms with Crippen molar-refractivity contribution >= 4 is 51.5 Å². The molecule has 0 aliphatic carbocycles. The molecular formula is C37H43N9O5. The van der Waals surface area contributed by atoms with Crippen LogP contribution >= 0.6 is 0 Å². The molecule has 3 amide bonds. The molecule has 5 aromatic rings. The van der Waals surface area contributed by atoms with Crippen molar-refractivity contribution in [3.8, 4) is 0 Å². The molecule has 2 heterocycles. The summed E-state index contributed by atoms with van der Waals surface area (Å²) in [5, 5.41) is 19.9. The van der Waals surface area contributed by atoms with Crippen LogP contribution in [0.3, 0.4) is 0 Å². The number of amides is 3. The standard InChI is InChI=1S/C37H43N9O5/c38-27(18-23-20-42-28-13-6-4-11-25(23)28)33(47)45-31(19-24-21-43-29-14-7-5-12-26(24)29)35(49)44-30(15-8-16-41-37(39)40)34(48)46-32(36(50)51)17-22-9-2-1-3-10-22/h1-7,9-14,20-21,27,30-32,42-43H,8,15-19,38H2,(H,44,49)(H,45,47)(H,46,48)(H,50,51)(H4,39,40,41). The molecule has 51 heavy (non-hydrogen) atoms. The lowest BCUT2D eigenvalue weighted by atomic mass is 10.0. The maximum atomic E-state index is 14.1. The molecule has 4 atom stereocenters. The molecule has 0 radical (unpaired) electrons. The Kier molecular flexibility index (Phi) is 12.0. The van der Waals surface area contributed by atoms with Gasteiger partial charge in [-0.25, -0.2) is 4.79 Å². The number of carboxylic acid groups (broad SMARTS) is 1. The van der Waals surface area contributed by atoms with Gasteiger partial charge in [0.1, 0.15) is 18.1 Å². The van der Waals surface area contributed by atoms with Gasteiger partial charge >= 0.3 is 5.97 Å². The number of aromatic nitrogens is 2. The maximum absolute atomic E-state index is 14.1. The third kappa shape index (κ3) is 9.73. The second kappa shape index (κ2) is 17.0. The molecule has 12 N–H and O–H groups in total. The lowest BCUT2D eigenvalue weighted by Crippen LogP contribution is -2.58. The van der Waals surface area contributed by atoms with Gasteiger partial charge in [0.05, 0.1) is 6.04 Å². The van der Waals surface area contributed by atoms with Gasteiger partial charge in [0.2, 0.25) is 17.7 Å². The molecule has 2 aromatic heterocycles. The summed E-state index contributed by atoms with van der Waals surface area (Å²) in [5.41, 5.74) is 21.4. The lowest BCUT2D eigenvalue weighted by molar-refractivity contribution is -0.142. The summed E-state index contributed by atoms with van der Waals surface area (Å²) >= 11 is 0. The van der Waals surface area contributed by atoms with Crippen molar-refractivity contribution in [1.29, 1.82) is 0 Å². The van der Waals surface area contributed by atoms with Gasteiger partial charge in [-0.3, -0.25) is 19.4 Å². The van der Waals surface area contributed by atoms with Crippen LogP contribution in [0.25, 0.3) is 21.8 Å². The van der Waals surface area contributed by atoms with Crippen LogP contribution in [0.15, 0.2) is 96.2 Å². The van der Waals surface area contributed by atoms with Crippen molar-refractivity contribution in [2.75, 3.05) is 6.54 Å². The normalized spacial score (nSPS) is 13.5. The van der Waals surface area contributed by atoms with E-state index < -0.39 is 47.9 Å². The first kappa shape index (κ1) is 36.1. The number of aliphatic imine (C=N–C) groups is 1. The minimum atomic E-state index is -1.26. The minimum Gasteiger partial charge on any atom is -0.480 e. The molecule has 0 saturated carbocycles. The fourth-order valence-electron chi connectivity index (χ4n) is 6.01. The summed E-state index contributed by atoms with van der Waals surface area (Å²) in [7, 11) is 0. The number of fused-ring (bicyclic) bond motifs is 2. The quantitative estimate of drug-likeness (QED) is 0.0392. The molecule has 0 spiro atoms. The van der Waals surface area contributed by atoms with Crippen molar-refractivity contribution in [3.63, 3.8) is 0 Å². The molecule has 5 rings (SSSR count). The summed E-state index contributed by atoms with van der Waals surface area (Å²) in [6.07, 6.45) is 4.28. The number of para-hydroxylation sites is 2. The highest BCUT2D eigenvalue weighted by Crippen LogP contribution is 2.21. The van der Waals surface area contributed by atoms with Crippen molar-refractivity contribution in [3.05, 3.63) is 108 Å². The van der Waals surface area contributed by atoms with Crippen LogP contribution in [0.4, 0.5) is 0 Å². The summed E-state index contributed by atoms with van der Waals surface area (Å²) < 4.78 is 0. The van der Waals surface area contributed by atoms with Gasteiger partial charge in [0, 0.05) is 53.6 Å². The number of carbonyl (C=O) groups excluding carboxylic acids is 3. The third-order valence-corrected chi connectivity index (χ3v) is 8.66. The highest BCUT2D eigenvalue weighted by Gasteiger charge is 2.31. The monoisotopic (exact) mass is 693 g/mol. The first-order valence-electron chi connectivity index (χ1n) is 16.7. The van der Waals surface area contributed by atoms with E-state index in [-0.39, 0.29) is 38.2 Å². The van der Waals surface area contributed by atoms with Crippen LogP contribution in [0.1, 0.15) is 29.5 Å². The summed E-state index contributed by atoms with van der Waals surface area (Å²) in [5.74, 6) is -3.26. The molecule has 14 nitrogen and oxygen atoms in total. The van der Waals surface area contributed by atoms with E-state index in [0.717, 1.165) is 32.9 Å². The van der Waals surface area contributed by atoms with E-state index in [2.05, 4.69) is 30.9 Å². The van der Waals surface area contributed by atoms with Crippen LogP contribution in [0, 0.1) is 0 Å². The largest absolute Gasteiger partial charge is 0.480 e. The number of guanidine groups is 1. The number of carbonyl (C=O) groups is 4. The number of rotatable bonds is 17. The van der Waals surface area contributed by atoms with E-state index in [4.69, 9.17) is 17.2 Å². The Bertz CT molecular complexity index is 2000. The van der Waals surface area contributed by atoms with Gasteiger partial charge in [-0.1, -0.05) is 66.7 Å². The Morgan fingerprint density at radius 2 is 1.20 bits per heavy atom. The maximum Gasteiger partial charge on any atom is 0.326 e. The topological polar surface area (TPSA) is 247 Å². The Labute approximate surface area is 294 Å². The Morgan fingerprint density at radius 1 is 0.667 bits per heavy atom. The summed E-state index contributed by atoms with van der Waals surface area (Å²) in [6.45, 7) is 0.173. The lowest BCUT2D eigenvalue weighted by Gasteiger charge is -2.25. The Balaban J connectivity index is 1.36. The first-order chi connectivity index (χ1) is 24.6. The number of hydrogen-bond acceptors (Lipinski definition) is 6. The van der Waals surface area contributed by atoms with Gasteiger partial charge in [0.25, 0.3) is 0 Å². The summed E-state index contributed by atoms with van der Waals surface area (Å²) in [6, 6.07) is 19.5. The van der Waals surface area contributed by atoms with E-state index in [1.54, 1.807) is 36.5 Å². The zero-order chi connectivity index (χ0) is 36.3. The van der Waals surface area contributed by atoms with E-state index in [1.165, 1.54) is 0 Å². The second-order valence-electron chi connectivity index (χ2n) is 12.4. The van der Waals surface area contributed by atoms with Gasteiger partial charge in [-0.05, 0) is 48.1 Å². The Hall–Kier alpha value is -6.15. The molecule has 4 unspecified atom stereocenters. The zero-order valence-corrected chi connectivity index (χ0v) is 28.0. The summed E-state index contributed by atoms with van der Waals surface area (Å²) in [4.78, 5) is 63.8. The number of aromatic amines is 2. The van der Waals surface area contributed by atoms with E-state index in [1.807, 2.05) is 54.7 Å². The highest BCUT2D eigenvalue weighted by molar-refractivity contribution is 5.95. The molecule has 0 fully saturated rings.